The molecule has 2 aliphatic carbocycles. The molecule has 0 fully saturated rings. The minimum atomic E-state index is -0.907. The maximum absolute atomic E-state index is 13.2. The number of aliphatic imine (C=N–C) groups is 1. The Balaban J connectivity index is 1.72. The molecular formula is C56H90N2O6. The van der Waals surface area contributed by atoms with Crippen molar-refractivity contribution >= 4 is 23.6 Å². The van der Waals surface area contributed by atoms with Gasteiger partial charge in [0.25, 0.3) is 0 Å². The average Bonchev–Trinajstić information content (AvgIpc) is 3.26. The summed E-state index contributed by atoms with van der Waals surface area (Å²) in [6.45, 7) is 17.3. The highest BCUT2D eigenvalue weighted by Gasteiger charge is 2.43. The van der Waals surface area contributed by atoms with Crippen molar-refractivity contribution in [3.8, 4) is 0 Å². The summed E-state index contributed by atoms with van der Waals surface area (Å²) in [5.41, 5.74) is 1.67. The molecule has 0 saturated carbocycles. The normalized spacial score (nSPS) is 22.1. The smallest absolute Gasteiger partial charge is 0.328 e. The third-order valence-corrected chi connectivity index (χ3v) is 13.3. The van der Waals surface area contributed by atoms with Gasteiger partial charge in [0.05, 0.1) is 11.5 Å². The number of unbranched alkanes of at least 4 members (excludes halogenated alkanes) is 2. The molecule has 0 aromatic rings. The summed E-state index contributed by atoms with van der Waals surface area (Å²) in [6, 6.07) is -0.788. The highest BCUT2D eigenvalue weighted by Crippen LogP contribution is 2.45. The van der Waals surface area contributed by atoms with Gasteiger partial charge in [-0.2, -0.15) is 0 Å². The molecule has 0 heterocycles. The molecule has 0 saturated heterocycles. The fourth-order valence-corrected chi connectivity index (χ4v) is 8.73. The lowest BCUT2D eigenvalue weighted by Crippen LogP contribution is -2.43. The van der Waals surface area contributed by atoms with E-state index >= 15 is 0 Å². The molecule has 8 atom stereocenters. The van der Waals surface area contributed by atoms with Gasteiger partial charge in [0.1, 0.15) is 12.1 Å². The Morgan fingerprint density at radius 2 is 1.50 bits per heavy atom. The van der Waals surface area contributed by atoms with E-state index in [9.17, 15) is 24.6 Å². The molecule has 64 heavy (non-hydrogen) atoms. The van der Waals surface area contributed by atoms with E-state index in [1.54, 1.807) is 0 Å². The first-order valence-corrected chi connectivity index (χ1v) is 25.3. The van der Waals surface area contributed by atoms with Gasteiger partial charge in [-0.3, -0.25) is 14.6 Å². The molecule has 8 nitrogen and oxygen atoms in total. The second kappa shape index (κ2) is 32.8. The van der Waals surface area contributed by atoms with Gasteiger partial charge in [0.15, 0.2) is 0 Å². The molecule has 0 spiro atoms. The van der Waals surface area contributed by atoms with E-state index in [1.807, 2.05) is 27.7 Å². The standard InChI is InChI=1S/C56H90N2O6/c1-9-13-14-15-16-17-18-19-20-21-22-23-24-25-26-27-28-32-52(60)57-39-30-29-31-50(54(61)62)58-47(11-3)36-34-45(10-2)42-48(59)37-38-49-44(6)33-35-46-40-43(5)41-51(53(46)49)64-55(63)56(7,8)12-4/h13-14,16-17,19-20,22-23,25-26,33,35,40,43-45,48-51,53,59H,9-12,15,18,21,24,27-32,34,36-39,41-42H2,1-8H3,(H,57,60)(H,61,62). The van der Waals surface area contributed by atoms with E-state index in [-0.39, 0.29) is 29.8 Å². The maximum atomic E-state index is 13.2. The second-order valence-electron chi connectivity index (χ2n) is 19.1. The number of rotatable bonds is 33. The molecule has 0 aromatic carbocycles. The van der Waals surface area contributed by atoms with Crippen LogP contribution in [0, 0.1) is 35.0 Å². The minimum Gasteiger partial charge on any atom is -0.480 e. The fraction of sp³-hybridized carbons (Fsp3) is 0.679. The Labute approximate surface area is 390 Å². The van der Waals surface area contributed by atoms with E-state index in [4.69, 9.17) is 9.73 Å². The van der Waals surface area contributed by atoms with E-state index in [1.165, 1.54) is 5.57 Å². The summed E-state index contributed by atoms with van der Waals surface area (Å²) in [4.78, 5) is 42.5. The van der Waals surface area contributed by atoms with Gasteiger partial charge >= 0.3 is 11.9 Å². The fourth-order valence-electron chi connectivity index (χ4n) is 8.73. The van der Waals surface area contributed by atoms with Crippen LogP contribution in [0.1, 0.15) is 184 Å². The summed E-state index contributed by atoms with van der Waals surface area (Å²) in [7, 11) is 0. The molecule has 360 valence electrons. The van der Waals surface area contributed by atoms with Crippen molar-refractivity contribution in [1.82, 2.24) is 5.32 Å². The molecule has 0 aromatic heterocycles. The molecule has 0 aliphatic heterocycles. The Morgan fingerprint density at radius 3 is 2.09 bits per heavy atom. The molecule has 2 aliphatic rings. The quantitative estimate of drug-likeness (QED) is 0.0261. The lowest BCUT2D eigenvalue weighted by molar-refractivity contribution is -0.164. The van der Waals surface area contributed by atoms with Crippen LogP contribution < -0.4 is 5.32 Å². The number of nitrogens with zero attached hydrogens (tertiary/aromatic N) is 1. The third kappa shape index (κ3) is 22.9. The third-order valence-electron chi connectivity index (χ3n) is 13.3. The Hall–Kier alpha value is -3.78. The van der Waals surface area contributed by atoms with Crippen LogP contribution in [-0.2, 0) is 19.1 Å². The van der Waals surface area contributed by atoms with Crippen molar-refractivity contribution < 1.29 is 29.3 Å². The van der Waals surface area contributed by atoms with Crippen LogP contribution in [0.25, 0.3) is 0 Å². The number of fused-ring (bicyclic) bond motifs is 1. The molecule has 8 unspecified atom stereocenters. The number of aliphatic carboxylic acids is 1. The van der Waals surface area contributed by atoms with Gasteiger partial charge in [0.2, 0.25) is 5.91 Å². The second-order valence-corrected chi connectivity index (χ2v) is 19.1. The van der Waals surface area contributed by atoms with E-state index in [2.05, 4.69) is 112 Å². The Kier molecular flexibility index (Phi) is 28.9. The van der Waals surface area contributed by atoms with Crippen molar-refractivity contribution in [1.29, 1.82) is 0 Å². The number of nitrogens with one attached hydrogen (secondary N) is 1. The Bertz CT molecular complexity index is 1600. The van der Waals surface area contributed by atoms with Crippen molar-refractivity contribution in [2.24, 2.45) is 40.0 Å². The number of carboxylic acids is 1. The average molecular weight is 887 g/mol. The van der Waals surface area contributed by atoms with Crippen LogP contribution in [0.4, 0.5) is 0 Å². The van der Waals surface area contributed by atoms with Crippen LogP contribution in [0.15, 0.2) is 89.6 Å². The number of allylic oxidation sites excluding steroid dienone is 13. The topological polar surface area (TPSA) is 125 Å². The van der Waals surface area contributed by atoms with Crippen molar-refractivity contribution in [3.05, 3.63) is 84.6 Å². The zero-order chi connectivity index (χ0) is 47.2. The zero-order valence-electron chi connectivity index (χ0n) is 41.4. The van der Waals surface area contributed by atoms with Crippen molar-refractivity contribution in [2.75, 3.05) is 6.54 Å². The number of carbonyl (C=O) groups excluding carboxylic acids is 2. The van der Waals surface area contributed by atoms with Gasteiger partial charge in [-0.25, -0.2) is 4.79 Å². The highest BCUT2D eigenvalue weighted by atomic mass is 16.5. The summed E-state index contributed by atoms with van der Waals surface area (Å²) in [5, 5.41) is 24.3. The largest absolute Gasteiger partial charge is 0.480 e. The van der Waals surface area contributed by atoms with E-state index in [0.717, 1.165) is 89.2 Å². The SMILES string of the molecule is CCC=CCC=CCC=CCC=CCC=CCCCC(=O)NCCCCC(N=C(CC)CCC(CC)CC(O)CCC1C(C)C=CC2=CC(C)CC(OC(=O)C(C)(C)CC)C21)C(=O)O. The molecule has 2 rings (SSSR count). The number of esters is 1. The molecule has 8 heteroatoms. The van der Waals surface area contributed by atoms with E-state index < -0.39 is 23.5 Å². The maximum Gasteiger partial charge on any atom is 0.328 e. The first-order valence-electron chi connectivity index (χ1n) is 25.3. The first kappa shape index (κ1) is 56.3. The number of carboxylic acid groups (broad SMARTS) is 1. The number of carbonyl (C=O) groups is 3. The predicted octanol–water partition coefficient (Wildman–Crippen LogP) is 13.6. The van der Waals surface area contributed by atoms with Crippen LogP contribution in [0.5, 0.6) is 0 Å². The molecule has 3 N–H and O–H groups in total. The van der Waals surface area contributed by atoms with E-state index in [0.29, 0.717) is 69.2 Å². The van der Waals surface area contributed by atoms with Gasteiger partial charge in [-0.1, -0.05) is 127 Å². The number of aliphatic hydroxyl groups is 1. The Morgan fingerprint density at radius 1 is 0.859 bits per heavy atom. The van der Waals surface area contributed by atoms with Crippen LogP contribution >= 0.6 is 0 Å². The highest BCUT2D eigenvalue weighted by molar-refractivity contribution is 5.87. The number of amides is 1. The monoisotopic (exact) mass is 887 g/mol. The summed E-state index contributed by atoms with van der Waals surface area (Å²) < 4.78 is 6.30. The summed E-state index contributed by atoms with van der Waals surface area (Å²) in [5.74, 6) is 0.416. The molecule has 0 bridgehead atoms. The van der Waals surface area contributed by atoms with Crippen LogP contribution in [0.3, 0.4) is 0 Å². The molecular weight excluding hydrogens is 797 g/mol. The molecule has 1 amide bonds. The van der Waals surface area contributed by atoms with Crippen LogP contribution in [-0.4, -0.2) is 58.6 Å². The van der Waals surface area contributed by atoms with Gasteiger partial charge in [0, 0.05) is 24.6 Å². The zero-order valence-corrected chi connectivity index (χ0v) is 41.4. The predicted molar refractivity (Wildman–Crippen MR) is 268 cm³/mol. The minimum absolute atomic E-state index is 0.0397. The lowest BCUT2D eigenvalue weighted by atomic mass is 9.65. The number of ether oxygens (including phenoxy) is 1. The van der Waals surface area contributed by atoms with Crippen LogP contribution in [0.2, 0.25) is 0 Å². The summed E-state index contributed by atoms with van der Waals surface area (Å²) >= 11 is 0. The lowest BCUT2D eigenvalue weighted by Gasteiger charge is -2.44. The van der Waals surface area contributed by atoms with Gasteiger partial charge in [-0.15, -0.1) is 0 Å². The summed E-state index contributed by atoms with van der Waals surface area (Å²) in [6.07, 6.45) is 44.0. The number of hydrogen-bond acceptors (Lipinski definition) is 6. The number of hydrogen-bond donors (Lipinski definition) is 3. The van der Waals surface area contributed by atoms with Gasteiger partial charge in [-0.05, 0) is 159 Å². The van der Waals surface area contributed by atoms with Crippen molar-refractivity contribution in [2.45, 2.75) is 202 Å². The number of aliphatic hydroxyl groups excluding tert-OH is 1. The molecule has 0 radical (unpaired) electrons. The van der Waals surface area contributed by atoms with Gasteiger partial charge < -0.3 is 20.3 Å². The van der Waals surface area contributed by atoms with Crippen molar-refractivity contribution in [3.63, 3.8) is 0 Å². The first-order chi connectivity index (χ1) is 30.8.